The van der Waals surface area contributed by atoms with Crippen LogP contribution in [0.25, 0.3) is 0 Å². The summed E-state index contributed by atoms with van der Waals surface area (Å²) in [5.74, 6) is -0.562. The van der Waals surface area contributed by atoms with Crippen molar-refractivity contribution in [2.24, 2.45) is 10.8 Å². The molecule has 2 N–H and O–H groups in total. The van der Waals surface area contributed by atoms with E-state index < -0.39 is 22.8 Å². The molecule has 25 heavy (non-hydrogen) atoms. The monoisotopic (exact) mass is 349 g/mol. The number of benzene rings is 1. The summed E-state index contributed by atoms with van der Waals surface area (Å²) in [6, 6.07) is 7.30. The van der Waals surface area contributed by atoms with Crippen molar-refractivity contribution in [3.63, 3.8) is 0 Å². The van der Waals surface area contributed by atoms with E-state index in [0.717, 1.165) is 5.75 Å². The predicted molar refractivity (Wildman–Crippen MR) is 88.9 cm³/mol. The third-order valence-corrected chi connectivity index (χ3v) is 5.07. The van der Waals surface area contributed by atoms with Gasteiger partial charge >= 0.3 is 11.9 Å². The third kappa shape index (κ3) is 3.04. The molecule has 7 heteroatoms. The molecule has 1 aliphatic heterocycles. The van der Waals surface area contributed by atoms with Crippen LogP contribution in [0.15, 0.2) is 24.3 Å². The fourth-order valence-corrected chi connectivity index (χ4v) is 3.74. The minimum atomic E-state index is -1.13. The Morgan fingerprint density at radius 3 is 2.08 bits per heavy atom. The van der Waals surface area contributed by atoms with Crippen LogP contribution in [0, 0.1) is 10.8 Å². The summed E-state index contributed by atoms with van der Waals surface area (Å²) < 4.78 is 11.2. The van der Waals surface area contributed by atoms with Crippen LogP contribution in [-0.2, 0) is 9.59 Å². The van der Waals surface area contributed by atoms with Crippen molar-refractivity contribution in [1.82, 2.24) is 4.90 Å². The summed E-state index contributed by atoms with van der Waals surface area (Å²) in [6.07, 6.45) is 0.329. The predicted octanol–water partition coefficient (Wildman–Crippen LogP) is 1.71. The van der Waals surface area contributed by atoms with Crippen LogP contribution in [-0.4, -0.2) is 59.4 Å². The van der Waals surface area contributed by atoms with E-state index in [2.05, 4.69) is 0 Å². The highest BCUT2D eigenvalue weighted by atomic mass is 16.5. The third-order valence-electron chi connectivity index (χ3n) is 5.07. The van der Waals surface area contributed by atoms with Crippen molar-refractivity contribution in [2.45, 2.75) is 26.4 Å². The molecule has 1 heterocycles. The van der Waals surface area contributed by atoms with E-state index in [-0.39, 0.29) is 25.6 Å². The minimum absolute atomic E-state index is 0.108. The highest BCUT2D eigenvalue weighted by Gasteiger charge is 2.80. The van der Waals surface area contributed by atoms with Gasteiger partial charge in [-0.3, -0.25) is 14.5 Å². The van der Waals surface area contributed by atoms with Crippen LogP contribution in [0.3, 0.4) is 0 Å². The number of hydrogen-bond donors (Lipinski definition) is 2. The van der Waals surface area contributed by atoms with Crippen LogP contribution in [0.4, 0.5) is 0 Å². The summed E-state index contributed by atoms with van der Waals surface area (Å²) in [5, 5.41) is 18.8. The second-order valence-electron chi connectivity index (χ2n) is 7.15. The summed E-state index contributed by atoms with van der Waals surface area (Å²) in [4.78, 5) is 24.8. The van der Waals surface area contributed by atoms with Gasteiger partial charge in [0, 0.05) is 19.6 Å². The Kier molecular flexibility index (Phi) is 4.36. The van der Waals surface area contributed by atoms with Crippen molar-refractivity contribution >= 4 is 11.9 Å². The molecule has 1 saturated heterocycles. The number of nitrogens with zero attached hydrogens (tertiary/aromatic N) is 1. The zero-order chi connectivity index (χ0) is 18.2. The lowest BCUT2D eigenvalue weighted by atomic mass is 9.97. The normalized spacial score (nSPS) is 27.8. The number of carbonyl (C=O) groups is 2. The van der Waals surface area contributed by atoms with Crippen molar-refractivity contribution in [2.75, 3.05) is 26.2 Å². The summed E-state index contributed by atoms with van der Waals surface area (Å²) >= 11 is 0. The van der Waals surface area contributed by atoms with Gasteiger partial charge in [-0.15, -0.1) is 0 Å². The molecule has 0 aromatic heterocycles. The Balaban J connectivity index is 1.50. The van der Waals surface area contributed by atoms with E-state index in [9.17, 15) is 19.8 Å². The molecule has 7 nitrogen and oxygen atoms in total. The van der Waals surface area contributed by atoms with E-state index in [1.165, 1.54) is 0 Å². The van der Waals surface area contributed by atoms with E-state index in [1.807, 2.05) is 43.0 Å². The highest BCUT2D eigenvalue weighted by Crippen LogP contribution is 2.68. The quantitative estimate of drug-likeness (QED) is 0.737. The summed E-state index contributed by atoms with van der Waals surface area (Å²) in [7, 11) is 0. The maximum atomic E-state index is 11.5. The van der Waals surface area contributed by atoms with Crippen molar-refractivity contribution in [3.8, 4) is 11.5 Å². The second-order valence-corrected chi connectivity index (χ2v) is 7.15. The van der Waals surface area contributed by atoms with Gasteiger partial charge in [0.2, 0.25) is 0 Å². The number of hydrogen-bond acceptors (Lipinski definition) is 5. The van der Waals surface area contributed by atoms with Gasteiger partial charge in [-0.05, 0) is 44.5 Å². The lowest BCUT2D eigenvalue weighted by Gasteiger charge is -2.19. The molecule has 0 amide bonds. The SMILES string of the molecule is CC(C)Oc1ccc(OCCN2C[C@@]3(C(=O)O)C[C@@]3(C(=O)O)C2)cc1. The number of ether oxygens (including phenoxy) is 2. The highest BCUT2D eigenvalue weighted by molar-refractivity contribution is 5.94. The number of carboxylic acids is 2. The first kappa shape index (κ1) is 17.5. The van der Waals surface area contributed by atoms with Crippen LogP contribution in [0.5, 0.6) is 11.5 Å². The van der Waals surface area contributed by atoms with E-state index in [1.54, 1.807) is 0 Å². The average molecular weight is 349 g/mol. The first-order valence-corrected chi connectivity index (χ1v) is 8.38. The van der Waals surface area contributed by atoms with Crippen molar-refractivity contribution < 1.29 is 29.3 Å². The fourth-order valence-electron chi connectivity index (χ4n) is 3.74. The summed E-state index contributed by atoms with van der Waals surface area (Å²) in [5.41, 5.74) is -2.26. The van der Waals surface area contributed by atoms with Gasteiger partial charge in [0.1, 0.15) is 18.1 Å². The van der Waals surface area contributed by atoms with Crippen LogP contribution in [0.2, 0.25) is 0 Å². The van der Waals surface area contributed by atoms with Crippen molar-refractivity contribution in [3.05, 3.63) is 24.3 Å². The maximum Gasteiger partial charge on any atom is 0.312 e. The van der Waals surface area contributed by atoms with Crippen molar-refractivity contribution in [1.29, 1.82) is 0 Å². The molecule has 0 radical (unpaired) electrons. The lowest BCUT2D eigenvalue weighted by molar-refractivity contribution is -0.151. The summed E-state index contributed by atoms with van der Waals surface area (Å²) in [6.45, 7) is 5.31. The van der Waals surface area contributed by atoms with Gasteiger partial charge in [0.25, 0.3) is 0 Å². The van der Waals surface area contributed by atoms with Crippen LogP contribution in [0.1, 0.15) is 20.3 Å². The zero-order valence-corrected chi connectivity index (χ0v) is 14.4. The molecule has 2 fully saturated rings. The molecule has 2 aliphatic rings. The number of aliphatic carboxylic acids is 2. The van der Waals surface area contributed by atoms with Gasteiger partial charge in [0.05, 0.1) is 16.9 Å². The molecule has 136 valence electrons. The molecule has 1 saturated carbocycles. The molecule has 0 bridgehead atoms. The first-order valence-electron chi connectivity index (χ1n) is 8.38. The molecule has 0 unspecified atom stereocenters. The van der Waals surface area contributed by atoms with Gasteiger partial charge in [-0.2, -0.15) is 0 Å². The topological polar surface area (TPSA) is 96.3 Å². The molecular weight excluding hydrogens is 326 g/mol. The van der Waals surface area contributed by atoms with Gasteiger partial charge in [0.15, 0.2) is 0 Å². The van der Waals surface area contributed by atoms with E-state index in [4.69, 9.17) is 9.47 Å². The first-order chi connectivity index (χ1) is 11.8. The largest absolute Gasteiger partial charge is 0.492 e. The Morgan fingerprint density at radius 1 is 1.08 bits per heavy atom. The number of rotatable bonds is 8. The number of carboxylic acid groups (broad SMARTS) is 2. The number of likely N-dealkylation sites (tertiary alicyclic amines) is 1. The molecular formula is C18H23NO6. The Labute approximate surface area is 146 Å². The van der Waals surface area contributed by atoms with Gasteiger partial charge in [-0.25, -0.2) is 0 Å². The zero-order valence-electron chi connectivity index (χ0n) is 14.4. The van der Waals surface area contributed by atoms with Crippen LogP contribution >= 0.6 is 0 Å². The molecule has 0 spiro atoms. The number of piperidine rings is 1. The van der Waals surface area contributed by atoms with Gasteiger partial charge < -0.3 is 19.7 Å². The lowest BCUT2D eigenvalue weighted by Crippen LogP contribution is -2.32. The molecule has 1 aliphatic carbocycles. The maximum absolute atomic E-state index is 11.5. The number of fused-ring (bicyclic) bond motifs is 1. The van der Waals surface area contributed by atoms with Gasteiger partial charge in [-0.1, -0.05) is 0 Å². The second kappa shape index (κ2) is 6.22. The molecule has 1 aromatic carbocycles. The van der Waals surface area contributed by atoms with E-state index in [0.29, 0.717) is 18.9 Å². The van der Waals surface area contributed by atoms with E-state index >= 15 is 0 Å². The molecule has 3 rings (SSSR count). The Hall–Kier alpha value is -2.28. The Morgan fingerprint density at radius 2 is 1.60 bits per heavy atom. The van der Waals surface area contributed by atoms with Crippen LogP contribution < -0.4 is 9.47 Å². The standard InChI is InChI=1S/C18H23NO6/c1-12(2)25-14-5-3-13(4-6-14)24-8-7-19-10-17(15(20)21)9-18(17,11-19)16(22)23/h3-6,12H,7-11H2,1-2H3,(H,20,21)(H,22,23)/t17-,18+. The molecule has 2 atom stereocenters. The molecule has 1 aromatic rings. The fraction of sp³-hybridized carbons (Fsp3) is 0.556. The minimum Gasteiger partial charge on any atom is -0.492 e. The smallest absolute Gasteiger partial charge is 0.312 e. The Bertz CT molecular complexity index is 645. The average Bonchev–Trinajstić information content (AvgIpc) is 3.08.